The third kappa shape index (κ3) is 2.90. The summed E-state index contributed by atoms with van der Waals surface area (Å²) in [6, 6.07) is 14.7. The number of aryl methyl sites for hydroxylation is 1. The predicted molar refractivity (Wildman–Crippen MR) is 110 cm³/mol. The molecule has 0 aromatic heterocycles. The van der Waals surface area contributed by atoms with Gasteiger partial charge in [0.15, 0.2) is 0 Å². The Morgan fingerprint density at radius 1 is 1.10 bits per heavy atom. The van der Waals surface area contributed by atoms with Crippen molar-refractivity contribution >= 4 is 23.4 Å². The number of fused-ring (bicyclic) bond motifs is 3. The second kappa shape index (κ2) is 7.03. The molecule has 3 amide bonds. The lowest BCUT2D eigenvalue weighted by atomic mass is 9.94. The molecule has 0 spiro atoms. The van der Waals surface area contributed by atoms with Crippen LogP contribution in [0.1, 0.15) is 48.2 Å². The number of para-hydroxylation sites is 1. The van der Waals surface area contributed by atoms with E-state index in [0.29, 0.717) is 17.8 Å². The second-order valence-corrected chi connectivity index (χ2v) is 8.00. The fraction of sp³-hybridized carbons (Fsp3) is 0.348. The van der Waals surface area contributed by atoms with Gasteiger partial charge in [0.1, 0.15) is 0 Å². The van der Waals surface area contributed by atoms with Crippen molar-refractivity contribution in [1.82, 2.24) is 10.2 Å². The van der Waals surface area contributed by atoms with Crippen LogP contribution in [0, 0.1) is 6.92 Å². The fourth-order valence-electron chi connectivity index (χ4n) is 4.44. The van der Waals surface area contributed by atoms with Gasteiger partial charge in [-0.25, -0.2) is 0 Å². The average Bonchev–Trinajstić information content (AvgIpc) is 3.05. The molecule has 2 aromatic carbocycles. The third-order valence-electron chi connectivity index (χ3n) is 5.75. The van der Waals surface area contributed by atoms with Gasteiger partial charge in [0.2, 0.25) is 11.6 Å². The molecule has 1 saturated heterocycles. The summed E-state index contributed by atoms with van der Waals surface area (Å²) in [5, 5.41) is 2.98. The zero-order chi connectivity index (χ0) is 20.8. The van der Waals surface area contributed by atoms with E-state index in [-0.39, 0.29) is 36.6 Å². The van der Waals surface area contributed by atoms with Crippen molar-refractivity contribution in [3.05, 3.63) is 65.2 Å². The number of nitrogens with zero attached hydrogens (tertiary/aromatic N) is 2. The first-order chi connectivity index (χ1) is 13.9. The first-order valence-corrected chi connectivity index (χ1v) is 9.96. The molecule has 29 heavy (non-hydrogen) atoms. The molecule has 2 heterocycles. The third-order valence-corrected chi connectivity index (χ3v) is 5.75. The minimum Gasteiger partial charge on any atom is -0.348 e. The molecular weight excluding hydrogens is 366 g/mol. The summed E-state index contributed by atoms with van der Waals surface area (Å²) in [5.74, 6) is -0.673. The minimum atomic E-state index is -1.33. The molecule has 2 aliphatic heterocycles. The van der Waals surface area contributed by atoms with E-state index in [1.165, 1.54) is 4.90 Å². The highest BCUT2D eigenvalue weighted by Crippen LogP contribution is 2.45. The van der Waals surface area contributed by atoms with Crippen LogP contribution >= 0.6 is 0 Å². The molecule has 1 fully saturated rings. The Kier molecular flexibility index (Phi) is 4.65. The number of carbonyl (C=O) groups excluding carboxylic acids is 3. The standard InChI is InChI=1S/C23H25N3O3/c1-15(2)25-21(28)18-6-4-5-7-19(18)26-20(27)12-13-23(25,26)22(29)24-14-17-10-8-16(3)9-11-17/h4-11,15H,12-14H2,1-3H3,(H,24,29)/t23-/m0/s1. The van der Waals surface area contributed by atoms with Crippen LogP contribution in [0.15, 0.2) is 48.5 Å². The lowest BCUT2D eigenvalue weighted by Gasteiger charge is -2.50. The van der Waals surface area contributed by atoms with E-state index in [1.807, 2.05) is 45.0 Å². The minimum absolute atomic E-state index is 0.138. The second-order valence-electron chi connectivity index (χ2n) is 8.00. The Morgan fingerprint density at radius 3 is 2.48 bits per heavy atom. The van der Waals surface area contributed by atoms with Gasteiger partial charge in [-0.3, -0.25) is 19.3 Å². The van der Waals surface area contributed by atoms with Crippen molar-refractivity contribution in [3.8, 4) is 0 Å². The largest absolute Gasteiger partial charge is 0.348 e. The van der Waals surface area contributed by atoms with Crippen molar-refractivity contribution in [2.45, 2.75) is 51.9 Å². The van der Waals surface area contributed by atoms with E-state index in [0.717, 1.165) is 11.1 Å². The number of carbonyl (C=O) groups is 3. The summed E-state index contributed by atoms with van der Waals surface area (Å²) in [7, 11) is 0. The van der Waals surface area contributed by atoms with Crippen molar-refractivity contribution in [2.24, 2.45) is 0 Å². The van der Waals surface area contributed by atoms with Crippen LogP contribution in [0.2, 0.25) is 0 Å². The van der Waals surface area contributed by atoms with Gasteiger partial charge in [-0.05, 0) is 38.5 Å². The highest BCUT2D eigenvalue weighted by atomic mass is 16.2. The van der Waals surface area contributed by atoms with E-state index >= 15 is 0 Å². The molecule has 1 N–H and O–H groups in total. The van der Waals surface area contributed by atoms with E-state index in [1.54, 1.807) is 29.2 Å². The van der Waals surface area contributed by atoms with Crippen LogP contribution in [0.5, 0.6) is 0 Å². The van der Waals surface area contributed by atoms with Crippen molar-refractivity contribution in [1.29, 1.82) is 0 Å². The van der Waals surface area contributed by atoms with Gasteiger partial charge >= 0.3 is 0 Å². The topological polar surface area (TPSA) is 69.7 Å². The molecule has 150 valence electrons. The summed E-state index contributed by atoms with van der Waals surface area (Å²) in [6.07, 6.45) is 0.507. The Morgan fingerprint density at radius 2 is 1.79 bits per heavy atom. The maximum Gasteiger partial charge on any atom is 0.267 e. The fourth-order valence-corrected chi connectivity index (χ4v) is 4.44. The molecule has 0 radical (unpaired) electrons. The van der Waals surface area contributed by atoms with Gasteiger partial charge in [-0.2, -0.15) is 0 Å². The molecule has 2 aliphatic rings. The first-order valence-electron chi connectivity index (χ1n) is 9.96. The molecule has 0 saturated carbocycles. The van der Waals surface area contributed by atoms with Crippen LogP contribution in [0.25, 0.3) is 0 Å². The maximum atomic E-state index is 13.6. The Bertz CT molecular complexity index is 983. The van der Waals surface area contributed by atoms with Crippen LogP contribution in [0.3, 0.4) is 0 Å². The van der Waals surface area contributed by atoms with Crippen molar-refractivity contribution in [3.63, 3.8) is 0 Å². The number of benzene rings is 2. The number of rotatable bonds is 4. The number of nitrogens with one attached hydrogen (secondary N) is 1. The SMILES string of the molecule is Cc1ccc(CNC(=O)[C@]23CCC(=O)N2c2ccccc2C(=O)N3C(C)C)cc1. The zero-order valence-electron chi connectivity index (χ0n) is 16.9. The normalized spacial score (nSPS) is 20.7. The number of amides is 3. The summed E-state index contributed by atoms with van der Waals surface area (Å²) in [4.78, 5) is 42.9. The average molecular weight is 391 g/mol. The summed E-state index contributed by atoms with van der Waals surface area (Å²) in [5.41, 5.74) is 1.75. The van der Waals surface area contributed by atoms with Crippen LogP contribution < -0.4 is 10.2 Å². The quantitative estimate of drug-likeness (QED) is 0.871. The van der Waals surface area contributed by atoms with E-state index in [9.17, 15) is 14.4 Å². The molecule has 6 heteroatoms. The lowest BCUT2D eigenvalue weighted by Crippen LogP contribution is -2.71. The van der Waals surface area contributed by atoms with Crippen LogP contribution in [-0.2, 0) is 16.1 Å². The Hall–Kier alpha value is -3.15. The van der Waals surface area contributed by atoms with Crippen molar-refractivity contribution < 1.29 is 14.4 Å². The molecule has 2 aromatic rings. The molecule has 0 bridgehead atoms. The van der Waals surface area contributed by atoms with Crippen LogP contribution in [-0.4, -0.2) is 34.3 Å². The Balaban J connectivity index is 1.75. The molecule has 1 atom stereocenters. The van der Waals surface area contributed by atoms with E-state index in [2.05, 4.69) is 5.32 Å². The molecule has 0 unspecified atom stereocenters. The predicted octanol–water partition coefficient (Wildman–Crippen LogP) is 3.00. The van der Waals surface area contributed by atoms with Crippen LogP contribution in [0.4, 0.5) is 5.69 Å². The number of anilines is 1. The highest BCUT2D eigenvalue weighted by molar-refractivity contribution is 6.16. The van der Waals surface area contributed by atoms with Gasteiger partial charge in [-0.15, -0.1) is 0 Å². The maximum absolute atomic E-state index is 13.6. The summed E-state index contributed by atoms with van der Waals surface area (Å²) >= 11 is 0. The molecule has 0 aliphatic carbocycles. The van der Waals surface area contributed by atoms with Gasteiger partial charge in [0.05, 0.1) is 11.3 Å². The number of hydrogen-bond donors (Lipinski definition) is 1. The van der Waals surface area contributed by atoms with Gasteiger partial charge in [-0.1, -0.05) is 42.0 Å². The molecule has 4 rings (SSSR count). The van der Waals surface area contributed by atoms with E-state index in [4.69, 9.17) is 0 Å². The molecular formula is C23H25N3O3. The lowest BCUT2D eigenvalue weighted by molar-refractivity contribution is -0.134. The highest BCUT2D eigenvalue weighted by Gasteiger charge is 2.61. The molecule has 6 nitrogen and oxygen atoms in total. The summed E-state index contributed by atoms with van der Waals surface area (Å²) < 4.78 is 0. The van der Waals surface area contributed by atoms with Gasteiger partial charge < -0.3 is 10.2 Å². The monoisotopic (exact) mass is 391 g/mol. The van der Waals surface area contributed by atoms with Gasteiger partial charge in [0.25, 0.3) is 11.8 Å². The smallest absolute Gasteiger partial charge is 0.267 e. The van der Waals surface area contributed by atoms with Gasteiger partial charge in [0, 0.05) is 25.4 Å². The van der Waals surface area contributed by atoms with E-state index < -0.39 is 5.66 Å². The Labute approximate surface area is 170 Å². The number of hydrogen-bond acceptors (Lipinski definition) is 3. The summed E-state index contributed by atoms with van der Waals surface area (Å²) in [6.45, 7) is 6.10. The van der Waals surface area contributed by atoms with Crippen molar-refractivity contribution in [2.75, 3.05) is 4.90 Å². The first kappa shape index (κ1) is 19.2. The zero-order valence-corrected chi connectivity index (χ0v) is 16.9.